The lowest BCUT2D eigenvalue weighted by molar-refractivity contribution is -0.136. The number of imide groups is 2. The molecule has 4 aromatic rings. The van der Waals surface area contributed by atoms with E-state index in [2.05, 4.69) is 51.7 Å². The van der Waals surface area contributed by atoms with Crippen molar-refractivity contribution in [3.63, 3.8) is 0 Å². The van der Waals surface area contributed by atoms with Crippen LogP contribution in [-0.4, -0.2) is 175 Å². The zero-order valence-corrected chi connectivity index (χ0v) is 47.7. The van der Waals surface area contributed by atoms with Crippen molar-refractivity contribution in [2.45, 2.75) is 89.4 Å². The highest BCUT2D eigenvalue weighted by atomic mass is 35.5. The first-order valence-electron chi connectivity index (χ1n) is 28.4. The van der Waals surface area contributed by atoms with E-state index in [0.29, 0.717) is 100.0 Å². The average molecular weight is 1130 g/mol. The van der Waals surface area contributed by atoms with Crippen molar-refractivity contribution in [3.8, 4) is 11.5 Å². The van der Waals surface area contributed by atoms with E-state index in [1.807, 2.05) is 60.0 Å². The number of methoxy groups -OCH3 is 1. The Morgan fingerprint density at radius 1 is 0.753 bits per heavy atom. The van der Waals surface area contributed by atoms with E-state index in [1.165, 1.54) is 0 Å². The van der Waals surface area contributed by atoms with Crippen LogP contribution < -0.4 is 29.9 Å². The van der Waals surface area contributed by atoms with Crippen molar-refractivity contribution >= 4 is 64.1 Å². The first-order valence-corrected chi connectivity index (χ1v) is 28.8. The van der Waals surface area contributed by atoms with Crippen LogP contribution in [0.1, 0.15) is 102 Å². The van der Waals surface area contributed by atoms with E-state index in [4.69, 9.17) is 40.0 Å². The molecule has 434 valence electrons. The van der Waals surface area contributed by atoms with Gasteiger partial charge in [0.25, 0.3) is 11.8 Å². The molecular weight excluding hydrogens is 1060 g/mol. The minimum atomic E-state index is -1.02. The van der Waals surface area contributed by atoms with E-state index >= 15 is 0 Å². The number of hydrogen-bond donors (Lipinski definition) is 2. The van der Waals surface area contributed by atoms with Crippen LogP contribution in [0.2, 0.25) is 5.02 Å². The standard InChI is InChI=1S/C61H76ClN7O12/c1-40(2)81-53-38-49-43(36-52(53)76-4)37-56(72)68(58(49)42-10-12-44(62)13-11-42)47-18-16-45(17-19-47)65(3)39-41-8-14-46(15-9-41)66-24-26-67(27-25-66)55(71)22-28-77-30-32-79-34-35-80-33-31-78-29-23-63-50-7-5-6-48-57(50)61(75)69(60(48)74)51-20-21-54(70)64-59(51)73/h5-7,10-13,16-19,36,38,40-41,46,51,58,63H,8-9,14-15,20-35,37,39H2,1-4H3,(H,64,70,73)/t41?,46?,51?,58-/m0/s1. The van der Waals surface area contributed by atoms with Crippen molar-refractivity contribution < 1.29 is 57.2 Å². The third-order valence-electron chi connectivity index (χ3n) is 15.8. The number of carbonyl (C=O) groups is 6. The molecule has 9 rings (SSSR count). The Labute approximate surface area is 479 Å². The van der Waals surface area contributed by atoms with Gasteiger partial charge in [-0.2, -0.15) is 0 Å². The van der Waals surface area contributed by atoms with E-state index in [9.17, 15) is 28.8 Å². The number of carbonyl (C=O) groups excluding carboxylic acids is 6. The van der Waals surface area contributed by atoms with Crippen molar-refractivity contribution in [2.24, 2.45) is 5.92 Å². The van der Waals surface area contributed by atoms with Crippen LogP contribution in [0, 0.1) is 5.92 Å². The molecule has 4 aromatic carbocycles. The lowest BCUT2D eigenvalue weighted by Gasteiger charge is -2.42. The maximum atomic E-state index is 14.1. The van der Waals surface area contributed by atoms with Gasteiger partial charge in [0.05, 0.1) is 96.1 Å². The van der Waals surface area contributed by atoms with Gasteiger partial charge in [0, 0.05) is 80.9 Å². The molecule has 1 aliphatic carbocycles. The quantitative estimate of drug-likeness (QED) is 0.0485. The molecule has 19 nitrogen and oxygen atoms in total. The number of nitrogens with one attached hydrogen (secondary N) is 2. The second-order valence-corrected chi connectivity index (χ2v) is 22.0. The topological polar surface area (TPSA) is 198 Å². The molecular formula is C61H76ClN7O12. The first kappa shape index (κ1) is 59.0. The van der Waals surface area contributed by atoms with E-state index < -0.39 is 29.7 Å². The molecule has 4 aliphatic heterocycles. The molecule has 2 atom stereocenters. The number of fused-ring (bicyclic) bond motifs is 2. The van der Waals surface area contributed by atoms with Gasteiger partial charge in [0.15, 0.2) is 11.5 Å². The minimum absolute atomic E-state index is 0.00467. The average Bonchev–Trinajstić information content (AvgIpc) is 3.84. The molecule has 20 heteroatoms. The summed E-state index contributed by atoms with van der Waals surface area (Å²) in [5.41, 5.74) is 5.69. The van der Waals surface area contributed by atoms with Crippen molar-refractivity contribution in [1.82, 2.24) is 20.0 Å². The lowest BCUT2D eigenvalue weighted by atomic mass is 9.84. The summed E-state index contributed by atoms with van der Waals surface area (Å²) < 4.78 is 34.5. The molecule has 0 bridgehead atoms. The smallest absolute Gasteiger partial charge is 0.264 e. The van der Waals surface area contributed by atoms with Crippen LogP contribution >= 0.6 is 11.6 Å². The Morgan fingerprint density at radius 2 is 1.42 bits per heavy atom. The Kier molecular flexibility index (Phi) is 20.3. The summed E-state index contributed by atoms with van der Waals surface area (Å²) >= 11 is 6.34. The predicted molar refractivity (Wildman–Crippen MR) is 306 cm³/mol. The van der Waals surface area contributed by atoms with Crippen molar-refractivity contribution in [1.29, 1.82) is 0 Å². The monoisotopic (exact) mass is 1130 g/mol. The Morgan fingerprint density at radius 3 is 2.07 bits per heavy atom. The number of piperazine rings is 1. The number of halogens is 1. The van der Waals surface area contributed by atoms with Gasteiger partial charge in [-0.1, -0.05) is 29.8 Å². The Balaban J connectivity index is 0.608. The minimum Gasteiger partial charge on any atom is -0.493 e. The number of ether oxygens (including phenoxy) is 6. The van der Waals surface area contributed by atoms with E-state index in [0.717, 1.165) is 91.4 Å². The fourth-order valence-electron chi connectivity index (χ4n) is 11.7. The third-order valence-corrected chi connectivity index (χ3v) is 16.1. The lowest BCUT2D eigenvalue weighted by Crippen LogP contribution is -2.54. The highest BCUT2D eigenvalue weighted by molar-refractivity contribution is 6.30. The SMILES string of the molecule is COc1cc2c(cc1OC(C)C)[C@H](c1ccc(Cl)cc1)N(c1ccc(N(C)CC3CCC(N4CCN(C(=O)CCOCCOCCOCCOCCNc5cccc6c5C(=O)N(C5CCC(=O)NC5=O)C6=O)CC4)CC3)cc1)C(=O)C2. The fraction of sp³-hybridized carbons (Fsp3) is 0.508. The highest BCUT2D eigenvalue weighted by Crippen LogP contribution is 2.44. The summed E-state index contributed by atoms with van der Waals surface area (Å²) in [5.74, 6) is -0.228. The zero-order valence-electron chi connectivity index (χ0n) is 47.0. The molecule has 5 aliphatic rings. The zero-order chi connectivity index (χ0) is 57.0. The molecule has 81 heavy (non-hydrogen) atoms. The van der Waals surface area contributed by atoms with Gasteiger partial charge >= 0.3 is 0 Å². The number of nitrogens with zero attached hydrogens (tertiary/aromatic N) is 5. The van der Waals surface area contributed by atoms with Crippen LogP contribution in [0.4, 0.5) is 17.1 Å². The molecule has 2 saturated heterocycles. The van der Waals surface area contributed by atoms with Crippen LogP contribution in [0.5, 0.6) is 11.5 Å². The summed E-state index contributed by atoms with van der Waals surface area (Å²) in [6.45, 7) is 11.5. The number of benzene rings is 4. The molecule has 2 N–H and O–H groups in total. The summed E-state index contributed by atoms with van der Waals surface area (Å²) in [6, 6.07) is 24.1. The van der Waals surface area contributed by atoms with Crippen LogP contribution in [0.15, 0.2) is 78.9 Å². The van der Waals surface area contributed by atoms with Gasteiger partial charge in [0.1, 0.15) is 6.04 Å². The van der Waals surface area contributed by atoms with E-state index in [1.54, 1.807) is 25.3 Å². The van der Waals surface area contributed by atoms with Crippen LogP contribution in [-0.2, 0) is 44.5 Å². The van der Waals surface area contributed by atoms with Crippen molar-refractivity contribution in [3.05, 3.63) is 112 Å². The summed E-state index contributed by atoms with van der Waals surface area (Å²) in [4.78, 5) is 87.2. The summed E-state index contributed by atoms with van der Waals surface area (Å²) in [6.07, 6.45) is 5.28. The molecule has 6 amide bonds. The molecule has 0 radical (unpaired) electrons. The molecule has 0 spiro atoms. The fourth-order valence-corrected chi connectivity index (χ4v) is 11.8. The second kappa shape index (κ2) is 27.9. The molecule has 4 heterocycles. The van der Waals surface area contributed by atoms with Gasteiger partial charge in [-0.3, -0.25) is 43.9 Å². The molecule has 1 saturated carbocycles. The Hall–Kier alpha value is -6.61. The second-order valence-electron chi connectivity index (χ2n) is 21.6. The number of amides is 6. The number of hydrogen-bond acceptors (Lipinski definition) is 15. The number of piperidine rings is 1. The van der Waals surface area contributed by atoms with Crippen LogP contribution in [0.25, 0.3) is 0 Å². The highest BCUT2D eigenvalue weighted by Gasteiger charge is 2.46. The molecule has 1 unspecified atom stereocenters. The third kappa shape index (κ3) is 14.5. The maximum Gasteiger partial charge on any atom is 0.264 e. The predicted octanol–water partition coefficient (Wildman–Crippen LogP) is 6.92. The van der Waals surface area contributed by atoms with E-state index in [-0.39, 0.29) is 54.3 Å². The largest absolute Gasteiger partial charge is 0.493 e. The molecule has 0 aromatic heterocycles. The van der Waals surface area contributed by atoms with Gasteiger partial charge < -0.3 is 48.4 Å². The molecule has 3 fully saturated rings. The first-order chi connectivity index (χ1) is 39.3. The number of rotatable bonds is 26. The van der Waals surface area contributed by atoms with Gasteiger partial charge in [-0.05, 0) is 129 Å². The van der Waals surface area contributed by atoms with Crippen molar-refractivity contribution in [2.75, 3.05) is 121 Å². The Bertz CT molecular complexity index is 2860. The maximum absolute atomic E-state index is 14.1. The normalized spacial score (nSPS) is 20.4. The van der Waals surface area contributed by atoms with Crippen LogP contribution in [0.3, 0.4) is 0 Å². The summed E-state index contributed by atoms with van der Waals surface area (Å²) in [5, 5.41) is 5.99. The summed E-state index contributed by atoms with van der Waals surface area (Å²) in [7, 11) is 3.78. The van der Waals surface area contributed by atoms with Gasteiger partial charge in [0.2, 0.25) is 23.6 Å². The van der Waals surface area contributed by atoms with Gasteiger partial charge in [-0.15, -0.1) is 0 Å². The van der Waals surface area contributed by atoms with Gasteiger partial charge in [-0.25, -0.2) is 0 Å². The number of anilines is 3.